The maximum absolute atomic E-state index is 14.7. The van der Waals surface area contributed by atoms with Crippen LogP contribution in [0.1, 0.15) is 43.6 Å². The van der Waals surface area contributed by atoms with Crippen molar-refractivity contribution in [3.05, 3.63) is 40.6 Å². The lowest BCUT2D eigenvalue weighted by atomic mass is 9.97. The van der Waals surface area contributed by atoms with E-state index in [1.54, 1.807) is 27.7 Å². The van der Waals surface area contributed by atoms with E-state index in [2.05, 4.69) is 9.84 Å². The maximum Gasteiger partial charge on any atom is 0.508 e. The number of benzene rings is 1. The predicted octanol–water partition coefficient (Wildman–Crippen LogP) is 1.33. The van der Waals surface area contributed by atoms with Crippen molar-refractivity contribution < 1.29 is 57.7 Å². The Morgan fingerprint density at radius 3 is 2.34 bits per heavy atom. The summed E-state index contributed by atoms with van der Waals surface area (Å²) in [5, 5.41) is 46.5. The molecule has 0 bridgehead atoms. The van der Waals surface area contributed by atoms with Crippen molar-refractivity contribution in [2.75, 3.05) is 20.3 Å². The van der Waals surface area contributed by atoms with E-state index >= 15 is 0 Å². The lowest BCUT2D eigenvalue weighted by molar-refractivity contribution is -0.423. The molecule has 4 N–H and O–H groups in total. The van der Waals surface area contributed by atoms with Crippen molar-refractivity contribution >= 4 is 6.16 Å². The summed E-state index contributed by atoms with van der Waals surface area (Å²) in [5.41, 5.74) is 0.238. The highest BCUT2D eigenvalue weighted by molar-refractivity contribution is 5.59. The van der Waals surface area contributed by atoms with Gasteiger partial charge in [0.25, 0.3) is 0 Å². The van der Waals surface area contributed by atoms with Crippen molar-refractivity contribution in [1.82, 2.24) is 9.78 Å². The van der Waals surface area contributed by atoms with Gasteiger partial charge in [-0.1, -0.05) is 0 Å². The molecule has 212 valence electrons. The molecule has 0 spiro atoms. The molecule has 1 saturated heterocycles. The Balaban J connectivity index is 1.96. The van der Waals surface area contributed by atoms with Crippen LogP contribution in [0.3, 0.4) is 0 Å². The van der Waals surface area contributed by atoms with Gasteiger partial charge in [0.1, 0.15) is 42.3 Å². The topological polar surface area (TPSA) is 162 Å². The number of aliphatic hydroxyl groups excluding tert-OH is 3. The average Bonchev–Trinajstić information content (AvgIpc) is 3.16. The number of aromatic nitrogens is 2. The number of nitrogens with zero attached hydrogens (tertiary/aromatic N) is 2. The van der Waals surface area contributed by atoms with Crippen LogP contribution in [0.25, 0.3) is 0 Å². The standard InChI is InChI=1S/C24H32F2N2O10/c1-6-35-23(32)36-10-18-19(29)20(30)21(31)24(33,37-18)38-22-14(12(4)28(27-22)11(2)3)9-15-16(25)7-13(34-5)8-17(15)26/h7-8,11,18-21,29-31,33H,6,9-10H2,1-5H3/t18-,19-,20+,21-,24+/m1/s1. The molecule has 2 heterocycles. The summed E-state index contributed by atoms with van der Waals surface area (Å²) in [5.74, 6) is -5.18. The van der Waals surface area contributed by atoms with Gasteiger partial charge in [0.05, 0.1) is 13.7 Å². The average molecular weight is 547 g/mol. The number of rotatable bonds is 9. The fourth-order valence-corrected chi connectivity index (χ4v) is 4.00. The van der Waals surface area contributed by atoms with E-state index in [9.17, 15) is 34.0 Å². The molecule has 1 aliphatic rings. The fraction of sp³-hybridized carbons (Fsp3) is 0.583. The largest absolute Gasteiger partial charge is 0.508 e. The zero-order chi connectivity index (χ0) is 28.4. The van der Waals surface area contributed by atoms with Gasteiger partial charge >= 0.3 is 12.1 Å². The third-order valence-corrected chi connectivity index (χ3v) is 6.05. The molecule has 2 aromatic rings. The Bertz CT molecular complexity index is 1120. The van der Waals surface area contributed by atoms with Crippen molar-refractivity contribution in [2.45, 2.75) is 70.5 Å². The number of halogens is 2. The second-order valence-electron chi connectivity index (χ2n) is 8.96. The Hall–Kier alpha value is -3.04. The monoisotopic (exact) mass is 546 g/mol. The van der Waals surface area contributed by atoms with Gasteiger partial charge in [-0.15, -0.1) is 5.10 Å². The van der Waals surface area contributed by atoms with E-state index in [-0.39, 0.29) is 41.8 Å². The molecular formula is C24H32F2N2O10. The quantitative estimate of drug-likeness (QED) is 0.265. The summed E-state index contributed by atoms with van der Waals surface area (Å²) in [6.07, 6.45) is -9.04. The summed E-state index contributed by atoms with van der Waals surface area (Å²) < 4.78 is 56.1. The number of methoxy groups -OCH3 is 1. The van der Waals surface area contributed by atoms with E-state index in [0.29, 0.717) is 5.69 Å². The van der Waals surface area contributed by atoms with E-state index in [4.69, 9.17) is 18.9 Å². The summed E-state index contributed by atoms with van der Waals surface area (Å²) >= 11 is 0. The lowest BCUT2D eigenvalue weighted by Crippen LogP contribution is -2.67. The first-order valence-electron chi connectivity index (χ1n) is 11.9. The minimum absolute atomic E-state index is 0.0112. The van der Waals surface area contributed by atoms with Crippen molar-refractivity contribution in [1.29, 1.82) is 0 Å². The fourth-order valence-electron chi connectivity index (χ4n) is 4.00. The van der Waals surface area contributed by atoms with Gasteiger partial charge in [-0.05, 0) is 27.7 Å². The molecule has 1 aliphatic heterocycles. The van der Waals surface area contributed by atoms with Crippen LogP contribution < -0.4 is 9.47 Å². The molecule has 38 heavy (non-hydrogen) atoms. The number of ether oxygens (including phenoxy) is 5. The molecule has 0 radical (unpaired) electrons. The van der Waals surface area contributed by atoms with Gasteiger partial charge in [0, 0.05) is 41.4 Å². The van der Waals surface area contributed by atoms with Crippen LogP contribution in [0.4, 0.5) is 13.6 Å². The zero-order valence-corrected chi connectivity index (χ0v) is 21.6. The van der Waals surface area contributed by atoms with Crippen molar-refractivity contribution in [3.8, 4) is 11.6 Å². The van der Waals surface area contributed by atoms with Crippen molar-refractivity contribution in [3.63, 3.8) is 0 Å². The number of aliphatic hydroxyl groups is 4. The number of carbonyl (C=O) groups excluding carboxylic acids is 1. The molecule has 1 aromatic carbocycles. The summed E-state index contributed by atoms with van der Waals surface area (Å²) in [4.78, 5) is 11.5. The lowest BCUT2D eigenvalue weighted by Gasteiger charge is -2.44. The summed E-state index contributed by atoms with van der Waals surface area (Å²) in [6.45, 7) is 6.06. The van der Waals surface area contributed by atoms with Crippen LogP contribution >= 0.6 is 0 Å². The van der Waals surface area contributed by atoms with Crippen LogP contribution in [0, 0.1) is 18.6 Å². The van der Waals surface area contributed by atoms with Gasteiger partial charge in [-0.25, -0.2) is 13.6 Å². The molecule has 0 unspecified atom stereocenters. The molecule has 3 rings (SSSR count). The second kappa shape index (κ2) is 11.8. The van der Waals surface area contributed by atoms with Crippen LogP contribution in [-0.2, 0) is 20.6 Å². The van der Waals surface area contributed by atoms with E-state index < -0.39 is 54.8 Å². The van der Waals surface area contributed by atoms with Crippen LogP contribution in [-0.4, -0.2) is 87.1 Å². The van der Waals surface area contributed by atoms with Crippen LogP contribution in [0.15, 0.2) is 12.1 Å². The number of carbonyl (C=O) groups is 1. The third kappa shape index (κ3) is 5.99. The number of hydrogen-bond acceptors (Lipinski definition) is 11. The van der Waals surface area contributed by atoms with Crippen LogP contribution in [0.2, 0.25) is 0 Å². The summed E-state index contributed by atoms with van der Waals surface area (Å²) in [6, 6.07) is 1.77. The Labute approximate surface area is 217 Å². The highest BCUT2D eigenvalue weighted by Gasteiger charge is 2.56. The second-order valence-corrected chi connectivity index (χ2v) is 8.96. The van der Waals surface area contributed by atoms with Gasteiger partial charge in [0.15, 0.2) is 6.10 Å². The molecule has 0 amide bonds. The predicted molar refractivity (Wildman–Crippen MR) is 125 cm³/mol. The molecule has 0 aliphatic carbocycles. The molecule has 1 aromatic heterocycles. The van der Waals surface area contributed by atoms with E-state index in [1.807, 2.05) is 0 Å². The molecule has 12 nitrogen and oxygen atoms in total. The molecule has 5 atom stereocenters. The third-order valence-electron chi connectivity index (χ3n) is 6.05. The molecule has 1 fully saturated rings. The normalized spacial score (nSPS) is 25.4. The first-order valence-corrected chi connectivity index (χ1v) is 11.9. The Morgan fingerprint density at radius 2 is 1.79 bits per heavy atom. The van der Waals surface area contributed by atoms with Gasteiger partial charge in [-0.2, -0.15) is 0 Å². The van der Waals surface area contributed by atoms with Crippen LogP contribution in [0.5, 0.6) is 11.6 Å². The van der Waals surface area contributed by atoms with E-state index in [0.717, 1.165) is 12.1 Å². The SMILES string of the molecule is CCOC(=O)OC[C@H]1O[C@](O)(Oc2nn(C(C)C)c(C)c2Cc2c(F)cc(OC)cc2F)[C@H](O)[C@@H](O)[C@@H]1O. The van der Waals surface area contributed by atoms with Gasteiger partial charge in [0.2, 0.25) is 5.88 Å². The van der Waals surface area contributed by atoms with Gasteiger partial charge in [-0.3, -0.25) is 4.68 Å². The van der Waals surface area contributed by atoms with Crippen molar-refractivity contribution in [2.24, 2.45) is 0 Å². The first kappa shape index (κ1) is 29.5. The minimum Gasteiger partial charge on any atom is -0.497 e. The highest BCUT2D eigenvalue weighted by atomic mass is 19.1. The smallest absolute Gasteiger partial charge is 0.497 e. The zero-order valence-electron chi connectivity index (χ0n) is 21.6. The first-order chi connectivity index (χ1) is 17.8. The van der Waals surface area contributed by atoms with Gasteiger partial charge < -0.3 is 44.1 Å². The summed E-state index contributed by atoms with van der Waals surface area (Å²) in [7, 11) is 1.27. The minimum atomic E-state index is -3.00. The molecular weight excluding hydrogens is 514 g/mol. The highest BCUT2D eigenvalue weighted by Crippen LogP contribution is 2.35. The Kier molecular flexibility index (Phi) is 9.15. The Morgan fingerprint density at radius 1 is 1.16 bits per heavy atom. The molecule has 0 saturated carbocycles. The van der Waals surface area contributed by atoms with E-state index in [1.165, 1.54) is 11.8 Å². The number of hydrogen-bond donors (Lipinski definition) is 4. The molecule has 14 heteroatoms. The maximum atomic E-state index is 14.7.